The number of aromatic nitrogens is 2. The van der Waals surface area contributed by atoms with Gasteiger partial charge in [0.2, 0.25) is 0 Å². The fraction of sp³-hybridized carbons (Fsp3) is 0. The Morgan fingerprint density at radius 1 is 0.274 bits per heavy atom. The minimum atomic E-state index is 0.930. The molecule has 0 saturated carbocycles. The summed E-state index contributed by atoms with van der Waals surface area (Å²) in [5.41, 5.74) is 18.7. The Hall–Kier alpha value is -8.20. The van der Waals surface area contributed by atoms with Crippen LogP contribution in [0, 0.1) is 0 Å². The molecule has 0 spiro atoms. The Balaban J connectivity index is 1.14. The van der Waals surface area contributed by atoms with Crippen molar-refractivity contribution in [1.82, 2.24) is 9.97 Å². The third kappa shape index (κ3) is 5.17. The zero-order valence-electron chi connectivity index (χ0n) is 33.7. The minimum Gasteiger partial charge on any atom is -0.256 e. The topological polar surface area (TPSA) is 25.8 Å². The largest absolute Gasteiger partial charge is 0.256 e. The van der Waals surface area contributed by atoms with Crippen LogP contribution in [0.25, 0.3) is 132 Å². The maximum absolute atomic E-state index is 5.70. The predicted octanol–water partition coefficient (Wildman–Crippen LogP) is 16.2. The van der Waals surface area contributed by atoms with Crippen LogP contribution in [0.1, 0.15) is 0 Å². The van der Waals surface area contributed by atoms with Crippen molar-refractivity contribution in [2.45, 2.75) is 0 Å². The first-order chi connectivity index (χ1) is 30.8. The summed E-state index contributed by atoms with van der Waals surface area (Å²) in [5, 5.41) is 9.45. The predicted molar refractivity (Wildman–Crippen MR) is 261 cm³/mol. The standard InChI is InChI=1S/C60H36N2/c1-5-16-37(17-6-1)48-36-52-51(59-44(48)28-15-33-61-59)35-49(38-18-7-2-8-19-38)45-31-32-53(62-60(45)52)42-29-30-43-50(34-42)56(41-22-11-4-12-23-41)58-47-27-14-25-39-24-13-26-46(54(39)47)57(58)55(43)40-20-9-3-10-21-40/h1-36H. The summed E-state index contributed by atoms with van der Waals surface area (Å²) in [6, 6.07) is 77.2. The highest BCUT2D eigenvalue weighted by atomic mass is 14.7. The lowest BCUT2D eigenvalue weighted by atomic mass is 9.82. The monoisotopic (exact) mass is 784 g/mol. The van der Waals surface area contributed by atoms with E-state index in [0.717, 1.165) is 66.1 Å². The van der Waals surface area contributed by atoms with Gasteiger partial charge >= 0.3 is 0 Å². The Labute approximate surface area is 359 Å². The molecule has 0 N–H and O–H groups in total. The maximum Gasteiger partial charge on any atom is 0.0795 e. The van der Waals surface area contributed by atoms with Gasteiger partial charge in [0.25, 0.3) is 0 Å². The van der Waals surface area contributed by atoms with Gasteiger partial charge in [-0.2, -0.15) is 0 Å². The molecule has 0 aliphatic heterocycles. The third-order valence-electron chi connectivity index (χ3n) is 13.0. The molecule has 2 heterocycles. The molecule has 2 heteroatoms. The fourth-order valence-electron chi connectivity index (χ4n) is 10.3. The molecule has 2 nitrogen and oxygen atoms in total. The number of hydrogen-bond donors (Lipinski definition) is 0. The van der Waals surface area contributed by atoms with Crippen molar-refractivity contribution >= 4 is 54.1 Å². The smallest absolute Gasteiger partial charge is 0.0795 e. The van der Waals surface area contributed by atoms with Gasteiger partial charge in [0.1, 0.15) is 0 Å². The first-order valence-corrected chi connectivity index (χ1v) is 21.3. The zero-order chi connectivity index (χ0) is 40.7. The van der Waals surface area contributed by atoms with E-state index in [1.807, 2.05) is 12.3 Å². The molecule has 12 aromatic rings. The number of nitrogens with zero attached hydrogens (tertiary/aromatic N) is 2. The van der Waals surface area contributed by atoms with Gasteiger partial charge in [-0.05, 0) is 125 Å². The van der Waals surface area contributed by atoms with E-state index in [-0.39, 0.29) is 0 Å². The Kier molecular flexibility index (Phi) is 7.64. The van der Waals surface area contributed by atoms with Crippen LogP contribution in [0.2, 0.25) is 0 Å². The van der Waals surface area contributed by atoms with Crippen LogP contribution >= 0.6 is 0 Å². The van der Waals surface area contributed by atoms with E-state index in [1.165, 1.54) is 66.1 Å². The molecular formula is C60H36N2. The Bertz CT molecular complexity index is 3760. The molecule has 13 rings (SSSR count). The molecule has 62 heavy (non-hydrogen) atoms. The molecule has 286 valence electrons. The molecule has 0 radical (unpaired) electrons. The van der Waals surface area contributed by atoms with Gasteiger partial charge in [-0.3, -0.25) is 4.98 Å². The number of hydrogen-bond acceptors (Lipinski definition) is 2. The molecule has 1 aliphatic carbocycles. The van der Waals surface area contributed by atoms with E-state index in [0.29, 0.717) is 0 Å². The summed E-state index contributed by atoms with van der Waals surface area (Å²) in [6.07, 6.45) is 1.91. The average Bonchev–Trinajstić information content (AvgIpc) is 3.68. The molecular weight excluding hydrogens is 749 g/mol. The summed E-state index contributed by atoms with van der Waals surface area (Å²) in [4.78, 5) is 10.8. The van der Waals surface area contributed by atoms with Crippen LogP contribution in [-0.4, -0.2) is 9.97 Å². The molecule has 0 atom stereocenters. The third-order valence-corrected chi connectivity index (χ3v) is 13.0. The van der Waals surface area contributed by atoms with Gasteiger partial charge < -0.3 is 0 Å². The quantitative estimate of drug-likeness (QED) is 0.162. The number of pyridine rings is 2. The lowest BCUT2D eigenvalue weighted by molar-refractivity contribution is 1.41. The van der Waals surface area contributed by atoms with Gasteiger partial charge in [-0.1, -0.05) is 176 Å². The van der Waals surface area contributed by atoms with Crippen molar-refractivity contribution in [2.24, 2.45) is 0 Å². The molecule has 10 aromatic carbocycles. The second kappa shape index (κ2) is 13.7. The van der Waals surface area contributed by atoms with Crippen molar-refractivity contribution in [1.29, 1.82) is 0 Å². The van der Waals surface area contributed by atoms with E-state index < -0.39 is 0 Å². The summed E-state index contributed by atoms with van der Waals surface area (Å²) in [7, 11) is 0. The van der Waals surface area contributed by atoms with Crippen molar-refractivity contribution < 1.29 is 0 Å². The van der Waals surface area contributed by atoms with Crippen molar-refractivity contribution in [3.05, 3.63) is 219 Å². The number of fused-ring (bicyclic) bond motifs is 9. The highest BCUT2D eigenvalue weighted by Crippen LogP contribution is 2.58. The van der Waals surface area contributed by atoms with Crippen molar-refractivity contribution in [3.63, 3.8) is 0 Å². The summed E-state index contributed by atoms with van der Waals surface area (Å²) < 4.78 is 0. The Morgan fingerprint density at radius 2 is 0.790 bits per heavy atom. The average molecular weight is 785 g/mol. The Morgan fingerprint density at radius 3 is 1.39 bits per heavy atom. The molecule has 0 fully saturated rings. The molecule has 1 aliphatic rings. The second-order valence-electron chi connectivity index (χ2n) is 16.4. The summed E-state index contributed by atoms with van der Waals surface area (Å²) >= 11 is 0. The number of benzene rings is 10. The van der Waals surface area contributed by atoms with Gasteiger partial charge in [0.15, 0.2) is 0 Å². The van der Waals surface area contributed by atoms with Crippen LogP contribution in [0.3, 0.4) is 0 Å². The van der Waals surface area contributed by atoms with Crippen molar-refractivity contribution in [2.75, 3.05) is 0 Å². The van der Waals surface area contributed by atoms with E-state index >= 15 is 0 Å². The highest BCUT2D eigenvalue weighted by molar-refractivity contribution is 6.28. The zero-order valence-corrected chi connectivity index (χ0v) is 33.7. The highest BCUT2D eigenvalue weighted by Gasteiger charge is 2.30. The van der Waals surface area contributed by atoms with Gasteiger partial charge in [0.05, 0.1) is 16.7 Å². The van der Waals surface area contributed by atoms with E-state index in [4.69, 9.17) is 9.97 Å². The maximum atomic E-state index is 5.70. The fourth-order valence-corrected chi connectivity index (χ4v) is 10.3. The van der Waals surface area contributed by atoms with Gasteiger partial charge in [-0.15, -0.1) is 0 Å². The number of rotatable bonds is 5. The SMILES string of the molecule is c1ccc(-c2c3c(c(-c4ccccc4)c4cc(-c5ccc6c(-c7ccccc7)cc7c(cc(-c8ccccc8)c8cccnc87)c6n5)ccc24)-c2cccc4cccc-3c24)cc1. The van der Waals surface area contributed by atoms with Crippen LogP contribution in [0.5, 0.6) is 0 Å². The lowest BCUT2D eigenvalue weighted by Gasteiger charge is -2.21. The van der Waals surface area contributed by atoms with Crippen LogP contribution < -0.4 is 0 Å². The molecule has 0 bridgehead atoms. The second-order valence-corrected chi connectivity index (χ2v) is 16.4. The van der Waals surface area contributed by atoms with E-state index in [1.54, 1.807) is 0 Å². The van der Waals surface area contributed by atoms with Crippen LogP contribution in [0.4, 0.5) is 0 Å². The van der Waals surface area contributed by atoms with E-state index in [2.05, 4.69) is 206 Å². The summed E-state index contributed by atoms with van der Waals surface area (Å²) in [5.74, 6) is 0. The van der Waals surface area contributed by atoms with Crippen LogP contribution in [0.15, 0.2) is 219 Å². The van der Waals surface area contributed by atoms with Gasteiger partial charge in [-0.25, -0.2) is 4.98 Å². The van der Waals surface area contributed by atoms with Crippen LogP contribution in [-0.2, 0) is 0 Å². The normalized spacial score (nSPS) is 11.9. The first-order valence-electron chi connectivity index (χ1n) is 21.3. The summed E-state index contributed by atoms with van der Waals surface area (Å²) in [6.45, 7) is 0. The lowest BCUT2D eigenvalue weighted by Crippen LogP contribution is -1.95. The minimum absolute atomic E-state index is 0.930. The van der Waals surface area contributed by atoms with E-state index in [9.17, 15) is 0 Å². The molecule has 0 unspecified atom stereocenters. The molecule has 0 amide bonds. The first kappa shape index (κ1) is 34.6. The molecule has 2 aromatic heterocycles. The van der Waals surface area contributed by atoms with Gasteiger partial charge in [0, 0.05) is 33.3 Å². The van der Waals surface area contributed by atoms with Crippen molar-refractivity contribution in [3.8, 4) is 78.0 Å². The molecule has 0 saturated heterocycles.